The highest BCUT2D eigenvalue weighted by atomic mass is 35.5. The van der Waals surface area contributed by atoms with E-state index in [0.717, 1.165) is 31.4 Å². The van der Waals surface area contributed by atoms with Gasteiger partial charge in [0.05, 0.1) is 28.8 Å². The molecule has 6 heteroatoms. The molecule has 140 valence electrons. The molecule has 1 fully saturated rings. The molecule has 26 heavy (non-hydrogen) atoms. The van der Waals surface area contributed by atoms with Crippen LogP contribution in [-0.2, 0) is 16.0 Å². The minimum absolute atomic E-state index is 0.0305. The number of oxazole rings is 1. The number of carbonyl (C=O) groups excluding carboxylic acids is 1. The smallest absolute Gasteiger partial charge is 0.228 e. The van der Waals surface area contributed by atoms with E-state index in [1.807, 2.05) is 32.2 Å². The van der Waals surface area contributed by atoms with Gasteiger partial charge in [0, 0.05) is 20.2 Å². The Kier molecular flexibility index (Phi) is 6.33. The van der Waals surface area contributed by atoms with Crippen molar-refractivity contribution in [2.75, 3.05) is 20.2 Å². The second-order valence-electron chi connectivity index (χ2n) is 6.77. The van der Waals surface area contributed by atoms with Crippen LogP contribution < -0.4 is 0 Å². The van der Waals surface area contributed by atoms with E-state index in [4.69, 9.17) is 20.8 Å². The molecule has 5 nitrogen and oxygen atoms in total. The summed E-state index contributed by atoms with van der Waals surface area (Å²) in [5.41, 5.74) is 1.39. The first kappa shape index (κ1) is 18.9. The van der Waals surface area contributed by atoms with Gasteiger partial charge in [-0.25, -0.2) is 4.98 Å². The first-order valence-electron chi connectivity index (χ1n) is 9.11. The first-order chi connectivity index (χ1) is 12.5. The lowest BCUT2D eigenvalue weighted by molar-refractivity contribution is -0.129. The van der Waals surface area contributed by atoms with Gasteiger partial charge in [0.2, 0.25) is 11.8 Å². The van der Waals surface area contributed by atoms with Crippen LogP contribution >= 0.6 is 11.6 Å². The van der Waals surface area contributed by atoms with Crippen molar-refractivity contribution >= 4 is 17.5 Å². The summed E-state index contributed by atoms with van der Waals surface area (Å²) in [5.74, 6) is 1.13. The molecule has 1 saturated heterocycles. The van der Waals surface area contributed by atoms with E-state index in [2.05, 4.69) is 4.98 Å². The molecule has 1 aromatic heterocycles. The van der Waals surface area contributed by atoms with E-state index in [1.165, 1.54) is 6.42 Å². The molecule has 1 aliphatic heterocycles. The largest absolute Gasteiger partial charge is 0.441 e. The average Bonchev–Trinajstić information content (AvgIpc) is 3.01. The number of halogens is 1. The molecule has 2 heterocycles. The lowest BCUT2D eigenvalue weighted by Gasteiger charge is -2.25. The summed E-state index contributed by atoms with van der Waals surface area (Å²) in [6.45, 7) is 3.36. The second-order valence-corrected chi connectivity index (χ2v) is 7.18. The fourth-order valence-electron chi connectivity index (χ4n) is 3.12. The molecule has 0 radical (unpaired) electrons. The zero-order chi connectivity index (χ0) is 18.5. The van der Waals surface area contributed by atoms with Crippen LogP contribution in [0.1, 0.15) is 37.1 Å². The standard InChI is InChI=1S/C20H25ClN2O3/c1-14-18(22-20(26-14)16-8-3-4-9-17(16)21)13-19(24)23(2)11-10-15-7-5-6-12-25-15/h3-4,8-9,15H,5-7,10-13H2,1-2H3. The monoisotopic (exact) mass is 376 g/mol. The van der Waals surface area contributed by atoms with Crippen LogP contribution in [0.2, 0.25) is 5.02 Å². The zero-order valence-electron chi connectivity index (χ0n) is 15.3. The molecule has 1 unspecified atom stereocenters. The van der Waals surface area contributed by atoms with Crippen LogP contribution in [0.15, 0.2) is 28.7 Å². The molecule has 1 atom stereocenters. The maximum absolute atomic E-state index is 12.5. The van der Waals surface area contributed by atoms with E-state index in [0.29, 0.717) is 28.9 Å². The van der Waals surface area contributed by atoms with E-state index >= 15 is 0 Å². The van der Waals surface area contributed by atoms with Crippen LogP contribution in [0.5, 0.6) is 0 Å². The zero-order valence-corrected chi connectivity index (χ0v) is 16.1. The highest BCUT2D eigenvalue weighted by Crippen LogP contribution is 2.28. The second kappa shape index (κ2) is 8.69. The van der Waals surface area contributed by atoms with Crippen LogP contribution in [0.3, 0.4) is 0 Å². The minimum Gasteiger partial charge on any atom is -0.441 e. The van der Waals surface area contributed by atoms with Gasteiger partial charge >= 0.3 is 0 Å². The van der Waals surface area contributed by atoms with E-state index in [1.54, 1.807) is 11.0 Å². The molecule has 1 amide bonds. The molecule has 1 aromatic carbocycles. The van der Waals surface area contributed by atoms with Gasteiger partial charge in [0.15, 0.2) is 0 Å². The Morgan fingerprint density at radius 3 is 2.88 bits per heavy atom. The molecule has 3 rings (SSSR count). The normalized spacial score (nSPS) is 17.3. The Hall–Kier alpha value is -1.85. The Labute approximate surface area is 159 Å². The van der Waals surface area contributed by atoms with Crippen molar-refractivity contribution in [3.05, 3.63) is 40.7 Å². The predicted octanol–water partition coefficient (Wildman–Crippen LogP) is 4.26. The molecule has 1 aliphatic rings. The van der Waals surface area contributed by atoms with E-state index < -0.39 is 0 Å². The lowest BCUT2D eigenvalue weighted by atomic mass is 10.1. The summed E-state index contributed by atoms with van der Waals surface area (Å²) in [5, 5.41) is 0.580. The molecular weight excluding hydrogens is 352 g/mol. The highest BCUT2D eigenvalue weighted by molar-refractivity contribution is 6.33. The number of benzene rings is 1. The summed E-state index contributed by atoms with van der Waals surface area (Å²) in [6.07, 6.45) is 4.83. The number of aryl methyl sites for hydroxylation is 1. The van der Waals surface area contributed by atoms with Gasteiger partial charge in [-0.2, -0.15) is 0 Å². The third kappa shape index (κ3) is 4.65. The number of carbonyl (C=O) groups is 1. The molecule has 0 spiro atoms. The van der Waals surface area contributed by atoms with E-state index in [-0.39, 0.29) is 18.4 Å². The molecule has 0 bridgehead atoms. The molecular formula is C20H25ClN2O3. The van der Waals surface area contributed by atoms with Gasteiger partial charge in [-0.1, -0.05) is 23.7 Å². The first-order valence-corrected chi connectivity index (χ1v) is 9.49. The van der Waals surface area contributed by atoms with Gasteiger partial charge in [-0.05, 0) is 44.7 Å². The number of ether oxygens (including phenoxy) is 1. The third-order valence-corrected chi connectivity index (χ3v) is 5.13. The molecule has 0 saturated carbocycles. The summed E-state index contributed by atoms with van der Waals surface area (Å²) >= 11 is 6.20. The molecule has 0 N–H and O–H groups in total. The maximum atomic E-state index is 12.5. The van der Waals surface area contributed by atoms with Crippen molar-refractivity contribution in [3.63, 3.8) is 0 Å². The Morgan fingerprint density at radius 1 is 1.35 bits per heavy atom. The van der Waals surface area contributed by atoms with E-state index in [9.17, 15) is 4.79 Å². The third-order valence-electron chi connectivity index (χ3n) is 4.80. The fourth-order valence-corrected chi connectivity index (χ4v) is 3.33. The van der Waals surface area contributed by atoms with Crippen LogP contribution in [0.25, 0.3) is 11.5 Å². The summed E-state index contributed by atoms with van der Waals surface area (Å²) in [4.78, 5) is 18.8. The van der Waals surface area contributed by atoms with Gasteiger partial charge in [-0.15, -0.1) is 0 Å². The maximum Gasteiger partial charge on any atom is 0.228 e. The minimum atomic E-state index is 0.0305. The number of aromatic nitrogens is 1. The lowest BCUT2D eigenvalue weighted by Crippen LogP contribution is -2.32. The number of hydrogen-bond donors (Lipinski definition) is 0. The highest BCUT2D eigenvalue weighted by Gasteiger charge is 2.20. The SMILES string of the molecule is Cc1oc(-c2ccccc2Cl)nc1CC(=O)N(C)CCC1CCCCO1. The fraction of sp³-hybridized carbons (Fsp3) is 0.500. The quantitative estimate of drug-likeness (QED) is 0.755. The van der Waals surface area contributed by atoms with Gasteiger partial charge in [0.1, 0.15) is 5.76 Å². The topological polar surface area (TPSA) is 55.6 Å². The van der Waals surface area contributed by atoms with Crippen molar-refractivity contribution in [1.29, 1.82) is 0 Å². The molecule has 2 aromatic rings. The van der Waals surface area contributed by atoms with Crippen molar-refractivity contribution in [2.45, 2.75) is 45.1 Å². The number of nitrogens with zero attached hydrogens (tertiary/aromatic N) is 2. The summed E-state index contributed by atoms with van der Waals surface area (Å²) < 4.78 is 11.5. The summed E-state index contributed by atoms with van der Waals surface area (Å²) in [6, 6.07) is 7.39. The van der Waals surface area contributed by atoms with Crippen molar-refractivity contribution in [1.82, 2.24) is 9.88 Å². The van der Waals surface area contributed by atoms with Crippen molar-refractivity contribution in [2.24, 2.45) is 0 Å². The van der Waals surface area contributed by atoms with Crippen LogP contribution in [0.4, 0.5) is 0 Å². The number of likely N-dealkylation sites (N-methyl/N-ethyl adjacent to an activating group) is 1. The van der Waals surface area contributed by atoms with Crippen LogP contribution in [0, 0.1) is 6.92 Å². The number of rotatable bonds is 6. The Bertz CT molecular complexity index is 753. The average molecular weight is 377 g/mol. The van der Waals surface area contributed by atoms with Gasteiger partial charge < -0.3 is 14.1 Å². The number of amides is 1. The van der Waals surface area contributed by atoms with Gasteiger partial charge in [0.25, 0.3) is 0 Å². The predicted molar refractivity (Wildman–Crippen MR) is 101 cm³/mol. The Balaban J connectivity index is 1.59. The van der Waals surface area contributed by atoms with Crippen molar-refractivity contribution in [3.8, 4) is 11.5 Å². The number of hydrogen-bond acceptors (Lipinski definition) is 4. The van der Waals surface area contributed by atoms with Crippen molar-refractivity contribution < 1.29 is 13.9 Å². The molecule has 0 aliphatic carbocycles. The van der Waals surface area contributed by atoms with Gasteiger partial charge in [-0.3, -0.25) is 4.79 Å². The Morgan fingerprint density at radius 2 is 2.15 bits per heavy atom. The summed E-state index contributed by atoms with van der Waals surface area (Å²) in [7, 11) is 1.83. The van der Waals surface area contributed by atoms with Crippen LogP contribution in [-0.4, -0.2) is 42.1 Å².